The molecule has 1 N–H and O–H groups in total. The van der Waals surface area contributed by atoms with Gasteiger partial charge in [0.25, 0.3) is 5.91 Å². The number of benzene rings is 1. The number of esters is 1. The molecule has 0 unspecified atom stereocenters. The van der Waals surface area contributed by atoms with Crippen molar-refractivity contribution in [2.24, 2.45) is 0 Å². The summed E-state index contributed by atoms with van der Waals surface area (Å²) in [5.74, 6) is -0.714. The largest absolute Gasteiger partial charge is 0.449 e. The van der Waals surface area contributed by atoms with E-state index in [9.17, 15) is 9.59 Å². The molecule has 1 amide bonds. The summed E-state index contributed by atoms with van der Waals surface area (Å²) in [6.45, 7) is 2.09. The van der Waals surface area contributed by atoms with Gasteiger partial charge in [-0.15, -0.1) is 0 Å². The van der Waals surface area contributed by atoms with Gasteiger partial charge in [-0.25, -0.2) is 4.79 Å². The topological polar surface area (TPSA) is 64.6 Å². The Morgan fingerprint density at radius 2 is 1.86 bits per heavy atom. The Morgan fingerprint density at radius 1 is 1.23 bits per heavy atom. The predicted octanol–water partition coefficient (Wildman–Crippen LogP) is 2.44. The Morgan fingerprint density at radius 3 is 2.45 bits per heavy atom. The summed E-state index contributed by atoms with van der Waals surface area (Å²) in [5.41, 5.74) is 1.41. The van der Waals surface area contributed by atoms with Crippen LogP contribution in [0.4, 0.5) is 0 Å². The Bertz CT molecular complexity index is 506. The maximum absolute atomic E-state index is 12.0. The van der Waals surface area contributed by atoms with E-state index in [0.29, 0.717) is 12.2 Å². The minimum atomic E-state index is -0.785. The maximum Gasteiger partial charge on any atom is 0.338 e. The molecule has 120 valence electrons. The first-order chi connectivity index (χ1) is 10.6. The Hall–Kier alpha value is -1.88. The van der Waals surface area contributed by atoms with Crippen LogP contribution in [-0.2, 0) is 20.9 Å². The summed E-state index contributed by atoms with van der Waals surface area (Å²) < 4.78 is 10.2. The molecule has 0 radical (unpaired) electrons. The van der Waals surface area contributed by atoms with Crippen LogP contribution in [0, 0.1) is 0 Å². The third-order valence-corrected chi connectivity index (χ3v) is 3.86. The minimum absolute atomic E-state index is 0.224. The molecule has 22 heavy (non-hydrogen) atoms. The molecule has 0 heterocycles. The highest BCUT2D eigenvalue weighted by Crippen LogP contribution is 2.18. The van der Waals surface area contributed by atoms with Gasteiger partial charge in [-0.2, -0.15) is 0 Å². The van der Waals surface area contributed by atoms with Crippen LogP contribution in [0.2, 0.25) is 0 Å². The average molecular weight is 305 g/mol. The van der Waals surface area contributed by atoms with Gasteiger partial charge in [-0.3, -0.25) is 4.79 Å². The fourth-order valence-corrected chi connectivity index (χ4v) is 2.57. The van der Waals surface area contributed by atoms with E-state index in [4.69, 9.17) is 9.47 Å². The van der Waals surface area contributed by atoms with Gasteiger partial charge in [0.15, 0.2) is 6.10 Å². The molecule has 5 nitrogen and oxygen atoms in total. The van der Waals surface area contributed by atoms with Crippen molar-refractivity contribution in [3.63, 3.8) is 0 Å². The third-order valence-electron chi connectivity index (χ3n) is 3.86. The van der Waals surface area contributed by atoms with Crippen LogP contribution in [0.3, 0.4) is 0 Å². The number of nitrogens with one attached hydrogen (secondary N) is 1. The van der Waals surface area contributed by atoms with Gasteiger partial charge in [-0.1, -0.05) is 25.0 Å². The van der Waals surface area contributed by atoms with Crippen LogP contribution in [0.1, 0.15) is 48.5 Å². The van der Waals surface area contributed by atoms with Crippen LogP contribution in [0.5, 0.6) is 0 Å². The van der Waals surface area contributed by atoms with Gasteiger partial charge in [0.1, 0.15) is 0 Å². The van der Waals surface area contributed by atoms with Gasteiger partial charge in [-0.05, 0) is 37.5 Å². The van der Waals surface area contributed by atoms with Gasteiger partial charge < -0.3 is 14.8 Å². The van der Waals surface area contributed by atoms with E-state index in [-0.39, 0.29) is 11.9 Å². The van der Waals surface area contributed by atoms with Crippen molar-refractivity contribution in [1.82, 2.24) is 5.32 Å². The van der Waals surface area contributed by atoms with Crippen molar-refractivity contribution in [1.29, 1.82) is 0 Å². The van der Waals surface area contributed by atoms with Gasteiger partial charge in [0.2, 0.25) is 0 Å². The second-order valence-electron chi connectivity index (χ2n) is 5.67. The van der Waals surface area contributed by atoms with E-state index in [1.807, 2.05) is 12.1 Å². The van der Waals surface area contributed by atoms with Crippen molar-refractivity contribution in [2.75, 3.05) is 7.11 Å². The molecule has 1 aromatic rings. The number of rotatable bonds is 6. The van der Waals surface area contributed by atoms with Crippen molar-refractivity contribution < 1.29 is 19.1 Å². The van der Waals surface area contributed by atoms with E-state index < -0.39 is 12.1 Å². The number of carbonyl (C=O) groups excluding carboxylic acids is 2. The summed E-state index contributed by atoms with van der Waals surface area (Å²) in [6, 6.07) is 7.20. The van der Waals surface area contributed by atoms with Crippen molar-refractivity contribution in [2.45, 2.75) is 51.4 Å². The lowest BCUT2D eigenvalue weighted by molar-refractivity contribution is -0.129. The first-order valence-electron chi connectivity index (χ1n) is 7.69. The van der Waals surface area contributed by atoms with Crippen LogP contribution in [0.25, 0.3) is 0 Å². The number of amides is 1. The van der Waals surface area contributed by atoms with Crippen LogP contribution < -0.4 is 5.32 Å². The Labute approximate surface area is 131 Å². The number of methoxy groups -OCH3 is 1. The quantitative estimate of drug-likeness (QED) is 0.820. The minimum Gasteiger partial charge on any atom is -0.449 e. The van der Waals surface area contributed by atoms with Crippen LogP contribution >= 0.6 is 0 Å². The third kappa shape index (κ3) is 4.56. The first kappa shape index (κ1) is 16.5. The van der Waals surface area contributed by atoms with Crippen LogP contribution in [0.15, 0.2) is 24.3 Å². The fourth-order valence-electron chi connectivity index (χ4n) is 2.57. The van der Waals surface area contributed by atoms with Crippen molar-refractivity contribution in [3.8, 4) is 0 Å². The highest BCUT2D eigenvalue weighted by molar-refractivity contribution is 5.92. The smallest absolute Gasteiger partial charge is 0.338 e. The standard InChI is InChI=1S/C17H23NO4/c1-12(16(19)18-15-5-3-4-6-15)22-17(20)14-9-7-13(8-10-14)11-21-2/h7-10,12,15H,3-6,11H2,1-2H3,(H,18,19)/t12-/m1/s1. The molecule has 0 saturated heterocycles. The lowest BCUT2D eigenvalue weighted by Gasteiger charge is -2.17. The second kappa shape index (κ2) is 7.94. The van der Waals surface area contributed by atoms with E-state index in [2.05, 4.69) is 5.32 Å². The zero-order valence-corrected chi connectivity index (χ0v) is 13.1. The van der Waals surface area contributed by atoms with Gasteiger partial charge in [0.05, 0.1) is 12.2 Å². The SMILES string of the molecule is COCc1ccc(C(=O)O[C@H](C)C(=O)NC2CCCC2)cc1. The average Bonchev–Trinajstić information content (AvgIpc) is 3.01. The number of hydrogen-bond donors (Lipinski definition) is 1. The molecule has 0 aliphatic heterocycles. The summed E-state index contributed by atoms with van der Waals surface area (Å²) in [4.78, 5) is 24.0. The maximum atomic E-state index is 12.0. The molecular weight excluding hydrogens is 282 g/mol. The summed E-state index contributed by atoms with van der Waals surface area (Å²) in [6.07, 6.45) is 3.52. The summed E-state index contributed by atoms with van der Waals surface area (Å²) in [7, 11) is 1.62. The highest BCUT2D eigenvalue weighted by atomic mass is 16.5. The van der Waals surface area contributed by atoms with Crippen molar-refractivity contribution in [3.05, 3.63) is 35.4 Å². The summed E-state index contributed by atoms with van der Waals surface area (Å²) in [5, 5.41) is 2.93. The molecule has 0 aromatic heterocycles. The van der Waals surface area contributed by atoms with Gasteiger partial charge >= 0.3 is 5.97 Å². The molecule has 2 rings (SSSR count). The predicted molar refractivity (Wildman–Crippen MR) is 82.4 cm³/mol. The lowest BCUT2D eigenvalue weighted by Crippen LogP contribution is -2.40. The zero-order chi connectivity index (χ0) is 15.9. The van der Waals surface area contributed by atoms with E-state index >= 15 is 0 Å². The molecule has 0 spiro atoms. The zero-order valence-electron chi connectivity index (χ0n) is 13.1. The summed E-state index contributed by atoms with van der Waals surface area (Å²) >= 11 is 0. The molecular formula is C17H23NO4. The van der Waals surface area contributed by atoms with E-state index in [1.54, 1.807) is 26.2 Å². The van der Waals surface area contributed by atoms with Crippen LogP contribution in [-0.4, -0.2) is 31.1 Å². The highest BCUT2D eigenvalue weighted by Gasteiger charge is 2.23. The number of hydrogen-bond acceptors (Lipinski definition) is 4. The van der Waals surface area contributed by atoms with E-state index in [1.165, 1.54) is 0 Å². The molecule has 1 aliphatic rings. The Balaban J connectivity index is 1.85. The lowest BCUT2D eigenvalue weighted by atomic mass is 10.1. The molecule has 1 aliphatic carbocycles. The van der Waals surface area contributed by atoms with Gasteiger partial charge in [0, 0.05) is 13.2 Å². The molecule has 1 fully saturated rings. The van der Waals surface area contributed by atoms with E-state index in [0.717, 1.165) is 31.2 Å². The number of ether oxygens (including phenoxy) is 2. The molecule has 0 bridgehead atoms. The molecule has 1 saturated carbocycles. The molecule has 5 heteroatoms. The fraction of sp³-hybridized carbons (Fsp3) is 0.529. The molecule has 1 atom stereocenters. The monoisotopic (exact) mass is 305 g/mol. The Kier molecular flexibility index (Phi) is 5.95. The second-order valence-corrected chi connectivity index (χ2v) is 5.67. The normalized spacial score (nSPS) is 16.3. The molecule has 1 aromatic carbocycles. The first-order valence-corrected chi connectivity index (χ1v) is 7.69. The number of carbonyl (C=O) groups is 2. The van der Waals surface area contributed by atoms with Crippen molar-refractivity contribution >= 4 is 11.9 Å².